The minimum Gasteiger partial charge on any atom is -0.370 e. The highest BCUT2D eigenvalue weighted by Gasteiger charge is 2.25. The first-order valence-electron chi connectivity index (χ1n) is 8.27. The van der Waals surface area contributed by atoms with E-state index in [9.17, 15) is 4.79 Å². The molecule has 1 amide bonds. The summed E-state index contributed by atoms with van der Waals surface area (Å²) >= 11 is 0. The summed E-state index contributed by atoms with van der Waals surface area (Å²) in [6.45, 7) is 5.85. The summed E-state index contributed by atoms with van der Waals surface area (Å²) in [5.74, 6) is 0.939. The molecule has 1 aliphatic rings. The Labute approximate surface area is 127 Å². The van der Waals surface area contributed by atoms with Gasteiger partial charge in [-0.05, 0) is 38.3 Å². The van der Waals surface area contributed by atoms with E-state index in [0.717, 1.165) is 43.7 Å². The monoisotopic (exact) mass is 289 g/mol. The van der Waals surface area contributed by atoms with Crippen molar-refractivity contribution in [2.75, 3.05) is 18.4 Å². The van der Waals surface area contributed by atoms with Crippen LogP contribution in [0.4, 0.5) is 5.82 Å². The van der Waals surface area contributed by atoms with E-state index in [1.54, 1.807) is 6.20 Å². The maximum Gasteiger partial charge on any atom is 0.254 e. The highest BCUT2D eigenvalue weighted by Crippen LogP contribution is 2.24. The molecule has 1 aromatic heterocycles. The van der Waals surface area contributed by atoms with Gasteiger partial charge in [-0.15, -0.1) is 0 Å². The van der Waals surface area contributed by atoms with Crippen molar-refractivity contribution in [2.45, 2.75) is 58.4 Å². The molecule has 1 saturated carbocycles. The summed E-state index contributed by atoms with van der Waals surface area (Å²) in [6, 6.07) is 4.12. The van der Waals surface area contributed by atoms with E-state index in [4.69, 9.17) is 0 Å². The van der Waals surface area contributed by atoms with Gasteiger partial charge in [0.25, 0.3) is 5.91 Å². The molecular formula is C17H27N3O. The van der Waals surface area contributed by atoms with Crippen LogP contribution < -0.4 is 5.32 Å². The van der Waals surface area contributed by atoms with Crippen molar-refractivity contribution in [2.24, 2.45) is 0 Å². The van der Waals surface area contributed by atoms with Gasteiger partial charge in [0.15, 0.2) is 0 Å². The lowest BCUT2D eigenvalue weighted by Crippen LogP contribution is -2.41. The lowest BCUT2D eigenvalue weighted by atomic mass is 9.94. The number of aromatic nitrogens is 1. The Bertz CT molecular complexity index is 455. The number of carbonyl (C=O) groups excluding carboxylic acids is 1. The SMILES string of the molecule is CCCNc1cc(C(=O)N(CC)C2CCCCC2)ccn1. The van der Waals surface area contributed by atoms with Crippen LogP contribution in [-0.2, 0) is 0 Å². The third-order valence-electron chi connectivity index (χ3n) is 4.18. The van der Waals surface area contributed by atoms with E-state index < -0.39 is 0 Å². The zero-order valence-electron chi connectivity index (χ0n) is 13.3. The number of hydrogen-bond donors (Lipinski definition) is 1. The molecule has 4 heteroatoms. The highest BCUT2D eigenvalue weighted by molar-refractivity contribution is 5.95. The lowest BCUT2D eigenvalue weighted by molar-refractivity contribution is 0.0648. The fourth-order valence-electron chi connectivity index (χ4n) is 3.04. The summed E-state index contributed by atoms with van der Waals surface area (Å²) < 4.78 is 0. The Morgan fingerprint density at radius 3 is 2.76 bits per heavy atom. The number of anilines is 1. The smallest absolute Gasteiger partial charge is 0.254 e. The second kappa shape index (κ2) is 8.01. The second-order valence-electron chi connectivity index (χ2n) is 5.74. The Morgan fingerprint density at radius 2 is 2.10 bits per heavy atom. The van der Waals surface area contributed by atoms with Gasteiger partial charge in [-0.1, -0.05) is 26.2 Å². The quantitative estimate of drug-likeness (QED) is 0.868. The van der Waals surface area contributed by atoms with Crippen LogP contribution >= 0.6 is 0 Å². The van der Waals surface area contributed by atoms with Gasteiger partial charge in [-0.2, -0.15) is 0 Å². The van der Waals surface area contributed by atoms with Gasteiger partial charge in [-0.3, -0.25) is 4.79 Å². The molecule has 1 heterocycles. The molecule has 1 aromatic rings. The van der Waals surface area contributed by atoms with Crippen LogP contribution in [0.25, 0.3) is 0 Å². The first-order valence-corrected chi connectivity index (χ1v) is 8.27. The fourth-order valence-corrected chi connectivity index (χ4v) is 3.04. The minimum atomic E-state index is 0.145. The van der Waals surface area contributed by atoms with Crippen molar-refractivity contribution < 1.29 is 4.79 Å². The van der Waals surface area contributed by atoms with Crippen LogP contribution in [0.3, 0.4) is 0 Å². The summed E-state index contributed by atoms with van der Waals surface area (Å²) in [4.78, 5) is 19.1. The van der Waals surface area contributed by atoms with Gasteiger partial charge in [0.1, 0.15) is 5.82 Å². The van der Waals surface area contributed by atoms with Gasteiger partial charge < -0.3 is 10.2 Å². The average molecular weight is 289 g/mol. The van der Waals surface area contributed by atoms with E-state index in [2.05, 4.69) is 24.1 Å². The molecule has 116 valence electrons. The Hall–Kier alpha value is -1.58. The molecule has 1 fully saturated rings. The maximum absolute atomic E-state index is 12.8. The molecule has 21 heavy (non-hydrogen) atoms. The summed E-state index contributed by atoms with van der Waals surface area (Å²) in [5, 5.41) is 3.24. The van der Waals surface area contributed by atoms with Crippen LogP contribution in [0, 0.1) is 0 Å². The van der Waals surface area contributed by atoms with Crippen LogP contribution in [0.5, 0.6) is 0 Å². The van der Waals surface area contributed by atoms with Crippen LogP contribution in [0.15, 0.2) is 18.3 Å². The van der Waals surface area contributed by atoms with Crippen molar-refractivity contribution >= 4 is 11.7 Å². The number of pyridine rings is 1. The van der Waals surface area contributed by atoms with Crippen molar-refractivity contribution in [1.29, 1.82) is 0 Å². The van der Waals surface area contributed by atoms with Crippen molar-refractivity contribution in [3.8, 4) is 0 Å². The van der Waals surface area contributed by atoms with Gasteiger partial charge in [0.05, 0.1) is 0 Å². The van der Waals surface area contributed by atoms with E-state index in [-0.39, 0.29) is 5.91 Å². The van der Waals surface area contributed by atoms with E-state index >= 15 is 0 Å². The number of nitrogens with zero attached hydrogens (tertiary/aromatic N) is 2. The largest absolute Gasteiger partial charge is 0.370 e. The number of amides is 1. The third kappa shape index (κ3) is 4.19. The van der Waals surface area contributed by atoms with Gasteiger partial charge in [-0.25, -0.2) is 4.98 Å². The number of nitrogens with one attached hydrogen (secondary N) is 1. The van der Waals surface area contributed by atoms with Gasteiger partial charge >= 0.3 is 0 Å². The Balaban J connectivity index is 2.09. The maximum atomic E-state index is 12.8. The molecule has 1 aliphatic carbocycles. The standard InChI is InChI=1S/C17H27N3O/c1-3-11-18-16-13-14(10-12-19-16)17(21)20(4-2)15-8-6-5-7-9-15/h10,12-13,15H,3-9,11H2,1-2H3,(H,18,19). The van der Waals surface area contributed by atoms with Gasteiger partial charge in [0.2, 0.25) is 0 Å². The number of rotatable bonds is 6. The third-order valence-corrected chi connectivity index (χ3v) is 4.18. The fraction of sp³-hybridized carbons (Fsp3) is 0.647. The molecule has 0 unspecified atom stereocenters. The van der Waals surface area contributed by atoms with E-state index in [1.807, 2.05) is 17.0 Å². The predicted molar refractivity (Wildman–Crippen MR) is 86.6 cm³/mol. The minimum absolute atomic E-state index is 0.145. The number of carbonyl (C=O) groups is 1. The highest BCUT2D eigenvalue weighted by atomic mass is 16.2. The van der Waals surface area contributed by atoms with Crippen LogP contribution in [0.2, 0.25) is 0 Å². The molecule has 0 aromatic carbocycles. The van der Waals surface area contributed by atoms with Crippen molar-refractivity contribution in [1.82, 2.24) is 9.88 Å². The second-order valence-corrected chi connectivity index (χ2v) is 5.74. The summed E-state index contributed by atoms with van der Waals surface area (Å²) in [5.41, 5.74) is 0.746. The molecule has 4 nitrogen and oxygen atoms in total. The predicted octanol–water partition coefficient (Wildman–Crippen LogP) is 3.70. The zero-order chi connectivity index (χ0) is 15.1. The van der Waals surface area contributed by atoms with Gasteiger partial charge in [0, 0.05) is 30.9 Å². The van der Waals surface area contributed by atoms with Crippen molar-refractivity contribution in [3.05, 3.63) is 23.9 Å². The lowest BCUT2D eigenvalue weighted by Gasteiger charge is -2.33. The molecule has 0 saturated heterocycles. The van der Waals surface area contributed by atoms with Crippen LogP contribution in [-0.4, -0.2) is 34.9 Å². The first kappa shape index (κ1) is 15.8. The molecule has 0 atom stereocenters. The molecule has 0 spiro atoms. The molecule has 0 radical (unpaired) electrons. The zero-order valence-corrected chi connectivity index (χ0v) is 13.3. The number of hydrogen-bond acceptors (Lipinski definition) is 3. The molecular weight excluding hydrogens is 262 g/mol. The Morgan fingerprint density at radius 1 is 1.33 bits per heavy atom. The van der Waals surface area contributed by atoms with Crippen LogP contribution in [0.1, 0.15) is 62.7 Å². The molecule has 2 rings (SSSR count). The normalized spacial score (nSPS) is 15.7. The summed E-state index contributed by atoms with van der Waals surface area (Å²) in [7, 11) is 0. The van der Waals surface area contributed by atoms with E-state index in [1.165, 1.54) is 19.3 Å². The van der Waals surface area contributed by atoms with Crippen molar-refractivity contribution in [3.63, 3.8) is 0 Å². The first-order chi connectivity index (χ1) is 10.3. The molecule has 0 aliphatic heterocycles. The topological polar surface area (TPSA) is 45.2 Å². The Kier molecular flexibility index (Phi) is 6.03. The average Bonchev–Trinajstić information content (AvgIpc) is 2.55. The van der Waals surface area contributed by atoms with E-state index in [0.29, 0.717) is 6.04 Å². The molecule has 1 N–H and O–H groups in total. The summed E-state index contributed by atoms with van der Waals surface area (Å²) in [6.07, 6.45) is 8.85. The molecule has 0 bridgehead atoms.